The van der Waals surface area contributed by atoms with E-state index in [0.717, 1.165) is 5.57 Å². The Bertz CT molecular complexity index is 353. The number of nitrogens with one attached hydrogen (secondary N) is 1. The van der Waals surface area contributed by atoms with Gasteiger partial charge in [0.1, 0.15) is 6.10 Å². The molecule has 1 rings (SSSR count). The molecule has 0 saturated carbocycles. The summed E-state index contributed by atoms with van der Waals surface area (Å²) in [5.41, 5.74) is 2.56. The van der Waals surface area contributed by atoms with E-state index in [-0.39, 0.29) is 11.4 Å². The average Bonchev–Trinajstić information content (AvgIpc) is 2.14. The standard InChI is InChI=1S/C11H17NO3/c1-6-5-11(3,4)10(14)8(9(6)13)7(2)12-15/h5,9,12-13,15H,1-4H3. The zero-order chi connectivity index (χ0) is 11.8. The van der Waals surface area contributed by atoms with Crippen LogP contribution in [-0.2, 0) is 4.79 Å². The first-order chi connectivity index (χ1) is 6.81. The first kappa shape index (κ1) is 11.9. The molecule has 0 saturated heterocycles. The highest BCUT2D eigenvalue weighted by Gasteiger charge is 2.38. The van der Waals surface area contributed by atoms with Crippen LogP contribution in [0.4, 0.5) is 0 Å². The Morgan fingerprint density at radius 1 is 1.53 bits per heavy atom. The van der Waals surface area contributed by atoms with Gasteiger partial charge in [0.05, 0.1) is 0 Å². The van der Waals surface area contributed by atoms with Crippen LogP contribution in [0.3, 0.4) is 0 Å². The molecule has 1 atom stereocenters. The summed E-state index contributed by atoms with van der Waals surface area (Å²) in [5, 5.41) is 18.6. The molecule has 3 N–H and O–H groups in total. The van der Waals surface area contributed by atoms with Gasteiger partial charge in [-0.25, -0.2) is 0 Å². The zero-order valence-corrected chi connectivity index (χ0v) is 9.46. The maximum Gasteiger partial charge on any atom is 0.172 e. The summed E-state index contributed by atoms with van der Waals surface area (Å²) in [5.74, 6) is -0.167. The largest absolute Gasteiger partial charge is 0.384 e. The third kappa shape index (κ3) is 1.96. The van der Waals surface area contributed by atoms with Crippen LogP contribution >= 0.6 is 0 Å². The number of rotatable bonds is 1. The number of hydrogen-bond acceptors (Lipinski definition) is 4. The van der Waals surface area contributed by atoms with E-state index in [1.54, 1.807) is 33.8 Å². The minimum absolute atomic E-state index is 0.167. The molecule has 0 spiro atoms. The lowest BCUT2D eigenvalue weighted by molar-refractivity contribution is -0.122. The van der Waals surface area contributed by atoms with Crippen molar-refractivity contribution in [2.45, 2.75) is 33.8 Å². The van der Waals surface area contributed by atoms with Crippen LogP contribution in [0.2, 0.25) is 0 Å². The summed E-state index contributed by atoms with van der Waals surface area (Å²) >= 11 is 0. The van der Waals surface area contributed by atoms with E-state index in [1.165, 1.54) is 0 Å². The minimum atomic E-state index is -0.926. The topological polar surface area (TPSA) is 69.6 Å². The smallest absolute Gasteiger partial charge is 0.172 e. The van der Waals surface area contributed by atoms with Gasteiger partial charge in [0.2, 0.25) is 0 Å². The van der Waals surface area contributed by atoms with Crippen LogP contribution in [0.25, 0.3) is 0 Å². The summed E-state index contributed by atoms with van der Waals surface area (Å²) in [7, 11) is 0. The second-order valence-corrected chi connectivity index (χ2v) is 4.49. The molecule has 4 nitrogen and oxygen atoms in total. The van der Waals surface area contributed by atoms with Crippen molar-refractivity contribution in [1.82, 2.24) is 5.48 Å². The van der Waals surface area contributed by atoms with Crippen molar-refractivity contribution in [3.05, 3.63) is 22.9 Å². The number of ketones is 1. The number of Topliss-reactive ketones (excluding diaryl/α,β-unsaturated/α-hetero) is 1. The second-order valence-electron chi connectivity index (χ2n) is 4.49. The van der Waals surface area contributed by atoms with Gasteiger partial charge in [-0.2, -0.15) is 0 Å². The summed E-state index contributed by atoms with van der Waals surface area (Å²) in [6, 6.07) is 0. The molecule has 0 aromatic rings. The molecular weight excluding hydrogens is 194 g/mol. The van der Waals surface area contributed by atoms with Crippen LogP contribution in [0.5, 0.6) is 0 Å². The molecular formula is C11H17NO3. The highest BCUT2D eigenvalue weighted by Crippen LogP contribution is 2.34. The van der Waals surface area contributed by atoms with E-state index in [2.05, 4.69) is 0 Å². The van der Waals surface area contributed by atoms with Crippen molar-refractivity contribution in [2.75, 3.05) is 0 Å². The van der Waals surface area contributed by atoms with Crippen molar-refractivity contribution in [2.24, 2.45) is 5.41 Å². The molecule has 0 radical (unpaired) electrons. The quantitative estimate of drug-likeness (QED) is 0.346. The van der Waals surface area contributed by atoms with Gasteiger partial charge in [-0.05, 0) is 33.3 Å². The lowest BCUT2D eigenvalue weighted by Gasteiger charge is -2.31. The van der Waals surface area contributed by atoms with Gasteiger partial charge in [-0.15, -0.1) is 0 Å². The van der Waals surface area contributed by atoms with E-state index in [9.17, 15) is 9.90 Å². The third-order valence-corrected chi connectivity index (χ3v) is 2.69. The summed E-state index contributed by atoms with van der Waals surface area (Å²) in [4.78, 5) is 12.0. The molecule has 1 aliphatic carbocycles. The van der Waals surface area contributed by atoms with Gasteiger partial charge in [-0.3, -0.25) is 15.5 Å². The average molecular weight is 211 g/mol. The molecule has 0 aromatic heterocycles. The maximum absolute atomic E-state index is 12.0. The number of aliphatic hydroxyl groups is 1. The molecule has 0 heterocycles. The third-order valence-electron chi connectivity index (χ3n) is 2.69. The molecule has 4 heteroatoms. The van der Waals surface area contributed by atoms with Crippen molar-refractivity contribution >= 4 is 5.78 Å². The Kier molecular flexibility index (Phi) is 3.02. The molecule has 0 fully saturated rings. The molecule has 15 heavy (non-hydrogen) atoms. The fourth-order valence-corrected chi connectivity index (χ4v) is 1.85. The fraction of sp³-hybridized carbons (Fsp3) is 0.545. The van der Waals surface area contributed by atoms with Crippen molar-refractivity contribution in [1.29, 1.82) is 0 Å². The maximum atomic E-state index is 12.0. The molecule has 1 unspecified atom stereocenters. The molecule has 0 amide bonds. The van der Waals surface area contributed by atoms with Crippen LogP contribution in [-0.4, -0.2) is 22.2 Å². The number of hydroxylamine groups is 1. The van der Waals surface area contributed by atoms with Crippen LogP contribution < -0.4 is 5.48 Å². The number of hydrogen-bond donors (Lipinski definition) is 3. The van der Waals surface area contributed by atoms with Crippen molar-refractivity contribution in [3.63, 3.8) is 0 Å². The molecule has 0 aromatic carbocycles. The fourth-order valence-electron chi connectivity index (χ4n) is 1.85. The predicted octanol–water partition coefficient (Wildman–Crippen LogP) is 1.16. The number of carbonyl (C=O) groups excluding carboxylic acids is 1. The minimum Gasteiger partial charge on any atom is -0.384 e. The summed E-state index contributed by atoms with van der Waals surface area (Å²) in [6.45, 7) is 6.90. The van der Waals surface area contributed by atoms with Gasteiger partial charge in [0.25, 0.3) is 0 Å². The number of aliphatic hydroxyl groups excluding tert-OH is 1. The Balaban J connectivity index is 3.33. The van der Waals surface area contributed by atoms with Crippen LogP contribution in [0, 0.1) is 5.41 Å². The van der Waals surface area contributed by atoms with Gasteiger partial charge < -0.3 is 5.11 Å². The first-order valence-electron chi connectivity index (χ1n) is 4.84. The number of carbonyl (C=O) groups is 1. The van der Waals surface area contributed by atoms with Gasteiger partial charge in [0, 0.05) is 16.7 Å². The van der Waals surface area contributed by atoms with Crippen LogP contribution in [0.1, 0.15) is 27.7 Å². The normalized spacial score (nSPS) is 28.5. The van der Waals surface area contributed by atoms with Gasteiger partial charge in [0.15, 0.2) is 5.78 Å². The van der Waals surface area contributed by atoms with E-state index in [0.29, 0.717) is 5.70 Å². The monoisotopic (exact) mass is 211 g/mol. The van der Waals surface area contributed by atoms with E-state index in [1.807, 2.05) is 5.48 Å². The first-order valence-corrected chi connectivity index (χ1v) is 4.84. The number of allylic oxidation sites excluding steroid dienone is 2. The van der Waals surface area contributed by atoms with Crippen molar-refractivity contribution in [3.8, 4) is 0 Å². The van der Waals surface area contributed by atoms with E-state index < -0.39 is 11.5 Å². The van der Waals surface area contributed by atoms with Crippen LogP contribution in [0.15, 0.2) is 22.9 Å². The SMILES string of the molecule is CC1=CC(C)(C)C(=O)C(=C(C)NO)C1O. The summed E-state index contributed by atoms with van der Waals surface area (Å²) in [6.07, 6.45) is 0.832. The van der Waals surface area contributed by atoms with Gasteiger partial charge in [-0.1, -0.05) is 6.08 Å². The molecule has 0 aliphatic heterocycles. The Hall–Kier alpha value is -1.13. The molecule has 0 bridgehead atoms. The van der Waals surface area contributed by atoms with E-state index >= 15 is 0 Å². The van der Waals surface area contributed by atoms with Crippen molar-refractivity contribution < 1.29 is 15.1 Å². The predicted molar refractivity (Wildman–Crippen MR) is 56.2 cm³/mol. The Morgan fingerprint density at radius 2 is 2.07 bits per heavy atom. The lowest BCUT2D eigenvalue weighted by Crippen LogP contribution is -2.37. The van der Waals surface area contributed by atoms with E-state index in [4.69, 9.17) is 5.21 Å². The second kappa shape index (κ2) is 3.79. The molecule has 1 aliphatic rings. The highest BCUT2D eigenvalue weighted by atomic mass is 16.5. The zero-order valence-electron chi connectivity index (χ0n) is 9.46. The molecule has 84 valence electrons. The Labute approximate surface area is 89.3 Å². The highest BCUT2D eigenvalue weighted by molar-refractivity contribution is 6.03. The lowest BCUT2D eigenvalue weighted by atomic mass is 9.74. The van der Waals surface area contributed by atoms with Gasteiger partial charge >= 0.3 is 0 Å². The Morgan fingerprint density at radius 3 is 2.53 bits per heavy atom. The summed E-state index contributed by atoms with van der Waals surface area (Å²) < 4.78 is 0.